The van der Waals surface area contributed by atoms with Crippen LogP contribution in [0.1, 0.15) is 29.7 Å². The highest BCUT2D eigenvalue weighted by atomic mass is 16.5. The molecule has 0 spiro atoms. The van der Waals surface area contributed by atoms with Gasteiger partial charge in [0.05, 0.1) is 18.2 Å². The summed E-state index contributed by atoms with van der Waals surface area (Å²) in [5.74, 6) is 0.963. The summed E-state index contributed by atoms with van der Waals surface area (Å²) >= 11 is 0. The maximum absolute atomic E-state index is 5.97. The van der Waals surface area contributed by atoms with Gasteiger partial charge in [-0.2, -0.15) is 0 Å². The van der Waals surface area contributed by atoms with Crippen LogP contribution in [0.4, 0.5) is 0 Å². The quantitative estimate of drug-likeness (QED) is 0.877. The molecule has 1 saturated carbocycles. The highest BCUT2D eigenvalue weighted by Gasteiger charge is 2.20. The Bertz CT molecular complexity index is 587. The van der Waals surface area contributed by atoms with Gasteiger partial charge >= 0.3 is 0 Å². The lowest BCUT2D eigenvalue weighted by Gasteiger charge is -2.13. The Morgan fingerprint density at radius 1 is 1.40 bits per heavy atom. The van der Waals surface area contributed by atoms with Crippen LogP contribution in [0.5, 0.6) is 5.75 Å². The van der Waals surface area contributed by atoms with Crippen LogP contribution in [0.2, 0.25) is 0 Å². The van der Waals surface area contributed by atoms with Crippen LogP contribution in [0, 0.1) is 6.92 Å². The molecule has 2 aromatic rings. The van der Waals surface area contributed by atoms with Crippen LogP contribution >= 0.6 is 0 Å². The van der Waals surface area contributed by atoms with Crippen molar-refractivity contribution in [2.24, 2.45) is 7.05 Å². The fourth-order valence-corrected chi connectivity index (χ4v) is 2.20. The van der Waals surface area contributed by atoms with Crippen molar-refractivity contribution in [3.63, 3.8) is 0 Å². The van der Waals surface area contributed by atoms with Crippen molar-refractivity contribution in [2.45, 2.75) is 39.0 Å². The third kappa shape index (κ3) is 3.20. The Balaban J connectivity index is 1.68. The first kappa shape index (κ1) is 13.2. The van der Waals surface area contributed by atoms with Crippen LogP contribution in [-0.4, -0.2) is 15.6 Å². The van der Waals surface area contributed by atoms with E-state index >= 15 is 0 Å². The normalized spacial score (nSPS) is 14.5. The predicted molar refractivity (Wildman–Crippen MR) is 78.6 cm³/mol. The molecule has 1 aromatic carbocycles. The fraction of sp³-hybridized carbons (Fsp3) is 0.438. The number of hydrogen-bond acceptors (Lipinski definition) is 3. The molecule has 0 radical (unpaired) electrons. The molecule has 4 heteroatoms. The second kappa shape index (κ2) is 5.67. The fourth-order valence-electron chi connectivity index (χ4n) is 2.20. The van der Waals surface area contributed by atoms with E-state index in [0.717, 1.165) is 18.0 Å². The average molecular weight is 271 g/mol. The highest BCUT2D eigenvalue weighted by molar-refractivity contribution is 5.37. The molecule has 1 aromatic heterocycles. The Morgan fingerprint density at radius 2 is 2.25 bits per heavy atom. The lowest BCUT2D eigenvalue weighted by molar-refractivity contribution is 0.293. The number of imidazole rings is 1. The molecule has 0 aliphatic heterocycles. The van der Waals surface area contributed by atoms with Gasteiger partial charge in [0.2, 0.25) is 0 Å². The molecule has 0 bridgehead atoms. The van der Waals surface area contributed by atoms with Gasteiger partial charge in [-0.05, 0) is 25.8 Å². The van der Waals surface area contributed by atoms with E-state index in [1.807, 2.05) is 17.8 Å². The third-order valence-electron chi connectivity index (χ3n) is 3.67. The van der Waals surface area contributed by atoms with Crippen molar-refractivity contribution in [1.29, 1.82) is 0 Å². The average Bonchev–Trinajstić information content (AvgIpc) is 3.18. The van der Waals surface area contributed by atoms with Crippen LogP contribution in [0.3, 0.4) is 0 Å². The van der Waals surface area contributed by atoms with Crippen molar-refractivity contribution in [3.8, 4) is 5.75 Å². The Labute approximate surface area is 119 Å². The van der Waals surface area contributed by atoms with Gasteiger partial charge in [0.1, 0.15) is 12.4 Å². The summed E-state index contributed by atoms with van der Waals surface area (Å²) in [6.07, 6.45) is 6.24. The summed E-state index contributed by atoms with van der Waals surface area (Å²) in [7, 11) is 1.98. The molecule has 1 aliphatic carbocycles. The Kier molecular flexibility index (Phi) is 3.74. The summed E-state index contributed by atoms with van der Waals surface area (Å²) in [5, 5.41) is 3.55. The van der Waals surface area contributed by atoms with E-state index < -0.39 is 0 Å². The smallest absolute Gasteiger partial charge is 0.130 e. The molecule has 0 saturated heterocycles. The number of ether oxygens (including phenoxy) is 1. The Hall–Kier alpha value is -1.81. The number of benzene rings is 1. The van der Waals surface area contributed by atoms with E-state index in [1.54, 1.807) is 6.33 Å². The molecule has 1 aliphatic rings. The van der Waals surface area contributed by atoms with E-state index in [1.165, 1.54) is 24.0 Å². The minimum Gasteiger partial charge on any atom is -0.487 e. The molecule has 0 unspecified atom stereocenters. The van der Waals surface area contributed by atoms with Crippen molar-refractivity contribution < 1.29 is 4.74 Å². The minimum atomic E-state index is 0.552. The molecule has 1 fully saturated rings. The van der Waals surface area contributed by atoms with Gasteiger partial charge < -0.3 is 14.6 Å². The van der Waals surface area contributed by atoms with Crippen molar-refractivity contribution in [2.75, 3.05) is 0 Å². The molecular formula is C16H21N3O. The number of hydrogen-bond donors (Lipinski definition) is 1. The SMILES string of the molecule is Cc1ccc(OCc2cncn2C)c(CNC2CC2)c1. The number of aromatic nitrogens is 2. The largest absolute Gasteiger partial charge is 0.487 e. The van der Waals surface area contributed by atoms with Gasteiger partial charge in [-0.3, -0.25) is 0 Å². The van der Waals surface area contributed by atoms with Gasteiger partial charge in [-0.25, -0.2) is 4.98 Å². The molecule has 1 N–H and O–H groups in total. The van der Waals surface area contributed by atoms with Crippen molar-refractivity contribution in [3.05, 3.63) is 47.5 Å². The number of nitrogens with zero attached hydrogens (tertiary/aromatic N) is 2. The molecular weight excluding hydrogens is 250 g/mol. The van der Waals surface area contributed by atoms with E-state index in [0.29, 0.717) is 12.6 Å². The van der Waals surface area contributed by atoms with E-state index in [-0.39, 0.29) is 0 Å². The zero-order chi connectivity index (χ0) is 13.9. The number of aryl methyl sites for hydroxylation is 2. The first-order valence-electron chi connectivity index (χ1n) is 7.13. The summed E-state index contributed by atoms with van der Waals surface area (Å²) < 4.78 is 7.95. The van der Waals surface area contributed by atoms with Gasteiger partial charge in [0.25, 0.3) is 0 Å². The first-order valence-corrected chi connectivity index (χ1v) is 7.13. The Morgan fingerprint density at radius 3 is 2.95 bits per heavy atom. The summed E-state index contributed by atoms with van der Waals surface area (Å²) in [5.41, 5.74) is 3.58. The maximum Gasteiger partial charge on any atom is 0.130 e. The molecule has 20 heavy (non-hydrogen) atoms. The summed E-state index contributed by atoms with van der Waals surface area (Å²) in [6.45, 7) is 3.55. The van der Waals surface area contributed by atoms with Crippen LogP contribution in [0.25, 0.3) is 0 Å². The van der Waals surface area contributed by atoms with E-state index in [2.05, 4.69) is 35.4 Å². The topological polar surface area (TPSA) is 39.1 Å². The first-order chi connectivity index (χ1) is 9.72. The van der Waals surface area contributed by atoms with Gasteiger partial charge in [-0.15, -0.1) is 0 Å². The van der Waals surface area contributed by atoms with Crippen molar-refractivity contribution in [1.82, 2.24) is 14.9 Å². The lowest BCUT2D eigenvalue weighted by Crippen LogP contribution is -2.16. The van der Waals surface area contributed by atoms with Crippen LogP contribution < -0.4 is 10.1 Å². The predicted octanol–water partition coefficient (Wildman–Crippen LogP) is 2.56. The van der Waals surface area contributed by atoms with Gasteiger partial charge in [0.15, 0.2) is 0 Å². The number of rotatable bonds is 6. The zero-order valence-corrected chi connectivity index (χ0v) is 12.1. The molecule has 106 valence electrons. The molecule has 0 amide bonds. The van der Waals surface area contributed by atoms with E-state index in [9.17, 15) is 0 Å². The zero-order valence-electron chi connectivity index (χ0n) is 12.1. The summed E-state index contributed by atoms with van der Waals surface area (Å²) in [4.78, 5) is 4.11. The van der Waals surface area contributed by atoms with Crippen molar-refractivity contribution >= 4 is 0 Å². The third-order valence-corrected chi connectivity index (χ3v) is 3.67. The lowest BCUT2D eigenvalue weighted by atomic mass is 10.1. The molecule has 4 nitrogen and oxygen atoms in total. The van der Waals surface area contributed by atoms with Crippen LogP contribution in [0.15, 0.2) is 30.7 Å². The second-order valence-corrected chi connectivity index (χ2v) is 5.55. The standard InChI is InChI=1S/C16H21N3O/c1-12-3-6-16(13(7-12)8-18-14-4-5-14)20-10-15-9-17-11-19(15)2/h3,6-7,9,11,14,18H,4-5,8,10H2,1-2H3. The van der Waals surface area contributed by atoms with E-state index in [4.69, 9.17) is 4.74 Å². The monoisotopic (exact) mass is 271 g/mol. The van der Waals surface area contributed by atoms with Gasteiger partial charge in [-0.1, -0.05) is 17.7 Å². The minimum absolute atomic E-state index is 0.552. The summed E-state index contributed by atoms with van der Waals surface area (Å²) in [6, 6.07) is 7.07. The van der Waals surface area contributed by atoms with Crippen LogP contribution in [-0.2, 0) is 20.2 Å². The molecule has 3 rings (SSSR count). The number of nitrogens with one attached hydrogen (secondary N) is 1. The van der Waals surface area contributed by atoms with Gasteiger partial charge in [0, 0.05) is 25.2 Å². The highest BCUT2D eigenvalue weighted by Crippen LogP contribution is 2.24. The second-order valence-electron chi connectivity index (χ2n) is 5.55. The molecule has 0 atom stereocenters. The molecule has 1 heterocycles. The maximum atomic E-state index is 5.97.